The summed E-state index contributed by atoms with van der Waals surface area (Å²) in [6.45, 7) is 11.1. The van der Waals surface area contributed by atoms with Crippen molar-refractivity contribution in [3.8, 4) is 0 Å². The van der Waals surface area contributed by atoms with Crippen molar-refractivity contribution in [1.29, 1.82) is 0 Å². The van der Waals surface area contributed by atoms with Gasteiger partial charge in [-0.3, -0.25) is 14.6 Å². The molecule has 3 atom stereocenters. The second-order valence-corrected chi connectivity index (χ2v) is 9.69. The van der Waals surface area contributed by atoms with Gasteiger partial charge in [-0.15, -0.1) is 0 Å². The molecule has 0 amide bonds. The van der Waals surface area contributed by atoms with Crippen LogP contribution in [0.5, 0.6) is 0 Å². The number of aliphatic imine (C=N–C) groups is 1. The van der Waals surface area contributed by atoms with Crippen molar-refractivity contribution >= 4 is 5.96 Å². The van der Waals surface area contributed by atoms with Crippen LogP contribution in [-0.2, 0) is 20.1 Å². The van der Waals surface area contributed by atoms with Crippen LogP contribution in [0.25, 0.3) is 0 Å². The van der Waals surface area contributed by atoms with Gasteiger partial charge in [-0.2, -0.15) is 5.10 Å². The second-order valence-electron chi connectivity index (χ2n) is 9.69. The number of piperidine rings is 1. The number of rotatable bonds is 5. The van der Waals surface area contributed by atoms with Crippen LogP contribution in [-0.4, -0.2) is 58.8 Å². The highest BCUT2D eigenvalue weighted by Crippen LogP contribution is 2.27. The quantitative estimate of drug-likeness (QED) is 0.592. The molecule has 3 heterocycles. The van der Waals surface area contributed by atoms with E-state index >= 15 is 0 Å². The lowest BCUT2D eigenvalue weighted by molar-refractivity contribution is 0.134. The van der Waals surface area contributed by atoms with E-state index in [9.17, 15) is 0 Å². The maximum Gasteiger partial charge on any atom is 0.193 e. The van der Waals surface area contributed by atoms with E-state index in [1.165, 1.54) is 36.2 Å². The summed E-state index contributed by atoms with van der Waals surface area (Å²) in [5.74, 6) is 3.11. The van der Waals surface area contributed by atoms with Gasteiger partial charge in [0.05, 0.1) is 6.20 Å². The first kappa shape index (κ1) is 21.9. The molecule has 1 aromatic heterocycles. The Morgan fingerprint density at radius 1 is 1.13 bits per heavy atom. The number of nitrogens with one attached hydrogen (secondary N) is 1. The summed E-state index contributed by atoms with van der Waals surface area (Å²) in [7, 11) is 3.88. The van der Waals surface area contributed by atoms with Gasteiger partial charge in [-0.1, -0.05) is 38.1 Å². The number of hydrogen-bond donors (Lipinski definition) is 1. The predicted octanol–water partition coefficient (Wildman–Crippen LogP) is 3.46. The van der Waals surface area contributed by atoms with Crippen molar-refractivity contribution in [2.24, 2.45) is 23.9 Å². The highest BCUT2D eigenvalue weighted by molar-refractivity contribution is 5.80. The maximum atomic E-state index is 4.58. The standard InChI is InChI=1S/C25H38N6/c1-19-11-20(2)15-30(14-19)17-22-8-6-5-7-21(22)12-27-25(26-3)31-10-9-23(18-31)24-13-28-29(4)16-24/h5-8,13,16,19-20,23H,9-12,14-15,17-18H2,1-4H3,(H,26,27). The Morgan fingerprint density at radius 2 is 1.87 bits per heavy atom. The van der Waals surface area contributed by atoms with Gasteiger partial charge in [0, 0.05) is 65.5 Å². The van der Waals surface area contributed by atoms with Crippen LogP contribution in [0.1, 0.15) is 49.3 Å². The fourth-order valence-corrected chi connectivity index (χ4v) is 5.43. The molecule has 3 unspecified atom stereocenters. The predicted molar refractivity (Wildman–Crippen MR) is 127 cm³/mol. The number of hydrogen-bond acceptors (Lipinski definition) is 3. The molecule has 0 spiro atoms. The third-order valence-electron chi connectivity index (χ3n) is 6.79. The number of likely N-dealkylation sites (tertiary alicyclic amines) is 2. The average molecular weight is 423 g/mol. The molecule has 1 N–H and O–H groups in total. The molecule has 6 heteroatoms. The van der Waals surface area contributed by atoms with E-state index in [2.05, 4.69) is 69.5 Å². The van der Waals surface area contributed by atoms with Crippen molar-refractivity contribution in [2.75, 3.05) is 33.2 Å². The maximum absolute atomic E-state index is 4.58. The second kappa shape index (κ2) is 9.86. The number of nitrogens with zero attached hydrogens (tertiary/aromatic N) is 5. The minimum Gasteiger partial charge on any atom is -0.352 e. The molecule has 6 nitrogen and oxygen atoms in total. The Hall–Kier alpha value is -2.34. The Labute approximate surface area is 187 Å². The first-order valence-electron chi connectivity index (χ1n) is 11.7. The van der Waals surface area contributed by atoms with Gasteiger partial charge in [0.25, 0.3) is 0 Å². The van der Waals surface area contributed by atoms with E-state index in [1.54, 1.807) is 0 Å². The molecule has 2 aliphatic rings. The molecule has 168 valence electrons. The molecule has 0 radical (unpaired) electrons. The van der Waals surface area contributed by atoms with Crippen molar-refractivity contribution in [3.05, 3.63) is 53.3 Å². The van der Waals surface area contributed by atoms with Crippen LogP contribution in [0.3, 0.4) is 0 Å². The Bertz CT molecular complexity index is 878. The fraction of sp³-hybridized carbons (Fsp3) is 0.600. The van der Waals surface area contributed by atoms with E-state index in [-0.39, 0.29) is 0 Å². The Balaban J connectivity index is 1.36. The number of aryl methyl sites for hydroxylation is 1. The van der Waals surface area contributed by atoms with Crippen molar-refractivity contribution in [1.82, 2.24) is 24.9 Å². The molecule has 4 rings (SSSR count). The largest absolute Gasteiger partial charge is 0.352 e. The zero-order valence-corrected chi connectivity index (χ0v) is 19.6. The van der Waals surface area contributed by atoms with Crippen LogP contribution in [0.15, 0.2) is 41.7 Å². The summed E-state index contributed by atoms with van der Waals surface area (Å²) in [6.07, 6.45) is 6.64. The number of guanidine groups is 1. The molecule has 2 fully saturated rings. The van der Waals surface area contributed by atoms with E-state index < -0.39 is 0 Å². The smallest absolute Gasteiger partial charge is 0.193 e. The third-order valence-corrected chi connectivity index (χ3v) is 6.79. The number of aromatic nitrogens is 2. The van der Waals surface area contributed by atoms with Gasteiger partial charge < -0.3 is 10.2 Å². The van der Waals surface area contributed by atoms with Crippen LogP contribution in [0, 0.1) is 11.8 Å². The molecule has 2 aliphatic heterocycles. The summed E-state index contributed by atoms with van der Waals surface area (Å²) in [6, 6.07) is 8.87. The summed E-state index contributed by atoms with van der Waals surface area (Å²) in [4.78, 5) is 9.60. The highest BCUT2D eigenvalue weighted by atomic mass is 15.3. The normalized spacial score (nSPS) is 25.2. The van der Waals surface area contributed by atoms with E-state index in [0.29, 0.717) is 5.92 Å². The molecule has 2 saturated heterocycles. The highest BCUT2D eigenvalue weighted by Gasteiger charge is 2.27. The summed E-state index contributed by atoms with van der Waals surface area (Å²) >= 11 is 0. The molecule has 0 bridgehead atoms. The molecular formula is C25H38N6. The minimum absolute atomic E-state index is 0.530. The molecule has 2 aromatic rings. The van der Waals surface area contributed by atoms with Crippen molar-refractivity contribution in [2.45, 2.75) is 45.7 Å². The molecule has 0 saturated carbocycles. The lowest BCUT2D eigenvalue weighted by Gasteiger charge is -2.35. The first-order chi connectivity index (χ1) is 15.0. The molecule has 1 aromatic carbocycles. The summed E-state index contributed by atoms with van der Waals surface area (Å²) in [5, 5.41) is 7.98. The Kier molecular flexibility index (Phi) is 6.96. The van der Waals surface area contributed by atoms with Crippen molar-refractivity contribution in [3.63, 3.8) is 0 Å². The van der Waals surface area contributed by atoms with Gasteiger partial charge in [-0.05, 0) is 41.4 Å². The van der Waals surface area contributed by atoms with Gasteiger partial charge in [0.1, 0.15) is 0 Å². The van der Waals surface area contributed by atoms with Crippen LogP contribution in [0.2, 0.25) is 0 Å². The lowest BCUT2D eigenvalue weighted by atomic mass is 9.91. The van der Waals surface area contributed by atoms with E-state index in [1.807, 2.05) is 25.0 Å². The first-order valence-corrected chi connectivity index (χ1v) is 11.7. The van der Waals surface area contributed by atoms with Crippen molar-refractivity contribution < 1.29 is 0 Å². The molecule has 31 heavy (non-hydrogen) atoms. The van der Waals surface area contributed by atoms with Gasteiger partial charge >= 0.3 is 0 Å². The summed E-state index contributed by atoms with van der Waals surface area (Å²) < 4.78 is 1.89. The van der Waals surface area contributed by atoms with Crippen LogP contribution >= 0.6 is 0 Å². The lowest BCUT2D eigenvalue weighted by Crippen LogP contribution is -2.40. The van der Waals surface area contributed by atoms with Gasteiger partial charge in [0.15, 0.2) is 5.96 Å². The average Bonchev–Trinajstić information content (AvgIpc) is 3.38. The fourth-order valence-electron chi connectivity index (χ4n) is 5.43. The third kappa shape index (κ3) is 5.48. The van der Waals surface area contributed by atoms with Crippen LogP contribution < -0.4 is 5.32 Å². The zero-order valence-electron chi connectivity index (χ0n) is 19.6. The SMILES string of the molecule is CN=C(NCc1ccccc1CN1CC(C)CC(C)C1)N1CCC(c2cnn(C)c2)C1. The molecular weight excluding hydrogens is 384 g/mol. The number of benzene rings is 1. The van der Waals surface area contributed by atoms with Crippen LogP contribution in [0.4, 0.5) is 0 Å². The zero-order chi connectivity index (χ0) is 21.8. The Morgan fingerprint density at radius 3 is 2.55 bits per heavy atom. The van der Waals surface area contributed by atoms with Gasteiger partial charge in [-0.25, -0.2) is 0 Å². The van der Waals surface area contributed by atoms with Gasteiger partial charge in [0.2, 0.25) is 0 Å². The molecule has 0 aliphatic carbocycles. The monoisotopic (exact) mass is 422 g/mol. The van der Waals surface area contributed by atoms with E-state index in [0.717, 1.165) is 50.4 Å². The topological polar surface area (TPSA) is 48.7 Å². The minimum atomic E-state index is 0.530. The van der Waals surface area contributed by atoms with E-state index in [4.69, 9.17) is 0 Å². The summed E-state index contributed by atoms with van der Waals surface area (Å²) in [5.41, 5.74) is 4.13.